The Morgan fingerprint density at radius 3 is 2.81 bits per heavy atom. The third kappa shape index (κ3) is 2.57. The van der Waals surface area contributed by atoms with Gasteiger partial charge in [0.25, 0.3) is 11.5 Å². The van der Waals surface area contributed by atoms with Crippen LogP contribution >= 0.6 is 11.3 Å². The van der Waals surface area contributed by atoms with Crippen LogP contribution in [-0.4, -0.2) is 20.4 Å². The van der Waals surface area contributed by atoms with Gasteiger partial charge in [-0.1, -0.05) is 18.2 Å². The summed E-state index contributed by atoms with van der Waals surface area (Å²) in [6.45, 7) is 3.56. The quantitative estimate of drug-likeness (QED) is 0.591. The molecule has 0 radical (unpaired) electrons. The number of aryl methyl sites for hydroxylation is 2. The molecular formula is C19H16N4O2S. The SMILES string of the molecule is Cc1c(C(=O)Nc2cnc3ccccc3c2)sc2nc(C)n(C)c(=O)c12. The van der Waals surface area contributed by atoms with E-state index in [4.69, 9.17) is 0 Å². The molecule has 0 bridgehead atoms. The van der Waals surface area contributed by atoms with E-state index < -0.39 is 0 Å². The summed E-state index contributed by atoms with van der Waals surface area (Å²) in [6.07, 6.45) is 1.63. The van der Waals surface area contributed by atoms with Crippen molar-refractivity contribution in [1.82, 2.24) is 14.5 Å². The van der Waals surface area contributed by atoms with Crippen LogP contribution in [0.3, 0.4) is 0 Å². The van der Waals surface area contributed by atoms with E-state index in [0.29, 0.717) is 32.2 Å². The maximum atomic E-state index is 12.8. The van der Waals surface area contributed by atoms with Crippen molar-refractivity contribution in [3.05, 3.63) is 63.1 Å². The van der Waals surface area contributed by atoms with Crippen LogP contribution in [0.5, 0.6) is 0 Å². The molecule has 3 aromatic heterocycles. The molecule has 3 heterocycles. The van der Waals surface area contributed by atoms with Crippen LogP contribution in [0.15, 0.2) is 41.3 Å². The Labute approximate surface area is 153 Å². The van der Waals surface area contributed by atoms with Gasteiger partial charge in [-0.05, 0) is 31.5 Å². The van der Waals surface area contributed by atoms with Gasteiger partial charge in [-0.25, -0.2) is 4.98 Å². The van der Waals surface area contributed by atoms with E-state index in [1.807, 2.05) is 30.3 Å². The number of pyridine rings is 1. The van der Waals surface area contributed by atoms with E-state index in [1.165, 1.54) is 15.9 Å². The minimum Gasteiger partial charge on any atom is -0.320 e. The molecule has 6 nitrogen and oxygen atoms in total. The Kier molecular flexibility index (Phi) is 3.81. The first kappa shape index (κ1) is 16.4. The lowest BCUT2D eigenvalue weighted by molar-refractivity contribution is 0.103. The fourth-order valence-electron chi connectivity index (χ4n) is 2.91. The molecule has 0 aliphatic rings. The van der Waals surface area contributed by atoms with Crippen molar-refractivity contribution in [3.8, 4) is 0 Å². The number of carbonyl (C=O) groups excluding carboxylic acids is 1. The predicted octanol–water partition coefficient (Wildman–Crippen LogP) is 3.41. The zero-order chi connectivity index (χ0) is 18.4. The van der Waals surface area contributed by atoms with E-state index >= 15 is 0 Å². The molecule has 0 fully saturated rings. The molecule has 0 atom stereocenters. The first-order valence-corrected chi connectivity index (χ1v) is 8.90. The van der Waals surface area contributed by atoms with Crippen LogP contribution < -0.4 is 10.9 Å². The highest BCUT2D eigenvalue weighted by molar-refractivity contribution is 7.20. The Morgan fingerprint density at radius 1 is 1.23 bits per heavy atom. The third-order valence-electron chi connectivity index (χ3n) is 4.45. The summed E-state index contributed by atoms with van der Waals surface area (Å²) >= 11 is 1.24. The van der Waals surface area contributed by atoms with Gasteiger partial charge < -0.3 is 5.32 Å². The second-order valence-electron chi connectivity index (χ2n) is 6.13. The van der Waals surface area contributed by atoms with Crippen molar-refractivity contribution in [1.29, 1.82) is 0 Å². The number of amides is 1. The minimum atomic E-state index is -0.262. The number of rotatable bonds is 2. The Balaban J connectivity index is 1.75. The molecule has 0 saturated carbocycles. The lowest BCUT2D eigenvalue weighted by atomic mass is 10.2. The summed E-state index contributed by atoms with van der Waals surface area (Å²) < 4.78 is 1.50. The predicted molar refractivity (Wildman–Crippen MR) is 104 cm³/mol. The van der Waals surface area contributed by atoms with Gasteiger partial charge in [0.1, 0.15) is 10.7 Å². The number of benzene rings is 1. The van der Waals surface area contributed by atoms with Crippen molar-refractivity contribution < 1.29 is 4.79 Å². The second kappa shape index (κ2) is 6.03. The van der Waals surface area contributed by atoms with Gasteiger partial charge in [0.2, 0.25) is 0 Å². The van der Waals surface area contributed by atoms with E-state index in [0.717, 1.165) is 10.9 Å². The largest absolute Gasteiger partial charge is 0.320 e. The average Bonchev–Trinajstić information content (AvgIpc) is 2.96. The van der Waals surface area contributed by atoms with Crippen molar-refractivity contribution >= 4 is 44.1 Å². The number of anilines is 1. The lowest BCUT2D eigenvalue weighted by Gasteiger charge is -2.05. The molecule has 1 amide bonds. The highest BCUT2D eigenvalue weighted by Gasteiger charge is 2.20. The number of nitrogens with zero attached hydrogens (tertiary/aromatic N) is 3. The van der Waals surface area contributed by atoms with E-state index in [9.17, 15) is 9.59 Å². The molecule has 0 spiro atoms. The number of hydrogen-bond acceptors (Lipinski definition) is 5. The lowest BCUT2D eigenvalue weighted by Crippen LogP contribution is -2.20. The van der Waals surface area contributed by atoms with Gasteiger partial charge in [0, 0.05) is 12.4 Å². The van der Waals surface area contributed by atoms with Crippen molar-refractivity contribution in [2.24, 2.45) is 7.05 Å². The molecule has 4 rings (SSSR count). The van der Waals surface area contributed by atoms with Gasteiger partial charge in [-0.15, -0.1) is 11.3 Å². The van der Waals surface area contributed by atoms with Gasteiger partial charge >= 0.3 is 0 Å². The average molecular weight is 364 g/mol. The summed E-state index contributed by atoms with van der Waals surface area (Å²) in [5.41, 5.74) is 2.01. The molecule has 7 heteroatoms. The standard InChI is InChI=1S/C19H16N4O2S/c1-10-15-18(21-11(2)23(3)19(15)25)26-16(10)17(24)22-13-8-12-6-4-5-7-14(12)20-9-13/h4-9H,1-3H3,(H,22,24). The summed E-state index contributed by atoms with van der Waals surface area (Å²) in [6, 6.07) is 9.59. The summed E-state index contributed by atoms with van der Waals surface area (Å²) in [4.78, 5) is 35.1. The maximum Gasteiger partial charge on any atom is 0.266 e. The van der Waals surface area contributed by atoms with Crippen LogP contribution in [0.25, 0.3) is 21.1 Å². The second-order valence-corrected chi connectivity index (χ2v) is 7.13. The maximum absolute atomic E-state index is 12.8. The number of aromatic nitrogens is 3. The highest BCUT2D eigenvalue weighted by atomic mass is 32.1. The molecule has 1 N–H and O–H groups in total. The van der Waals surface area contributed by atoms with Gasteiger partial charge in [0.15, 0.2) is 0 Å². The summed E-state index contributed by atoms with van der Waals surface area (Å²) in [7, 11) is 1.68. The molecule has 1 aromatic carbocycles. The van der Waals surface area contributed by atoms with Crippen LogP contribution in [0, 0.1) is 13.8 Å². The van der Waals surface area contributed by atoms with Gasteiger partial charge in [-0.2, -0.15) is 0 Å². The third-order valence-corrected chi connectivity index (χ3v) is 5.63. The number of thiophene rings is 1. The molecule has 4 aromatic rings. The zero-order valence-electron chi connectivity index (χ0n) is 14.5. The first-order chi connectivity index (χ1) is 12.5. The normalized spacial score (nSPS) is 11.2. The Bertz CT molecular complexity index is 1240. The molecule has 0 saturated heterocycles. The highest BCUT2D eigenvalue weighted by Crippen LogP contribution is 2.28. The monoisotopic (exact) mass is 364 g/mol. The fraction of sp³-hybridized carbons (Fsp3) is 0.158. The summed E-state index contributed by atoms with van der Waals surface area (Å²) in [5, 5.41) is 4.33. The summed E-state index contributed by atoms with van der Waals surface area (Å²) in [5.74, 6) is 0.358. The molecule has 0 aliphatic carbocycles. The molecule has 130 valence electrons. The van der Waals surface area contributed by atoms with Crippen LogP contribution in [0.1, 0.15) is 21.1 Å². The molecule has 0 unspecified atom stereocenters. The van der Waals surface area contributed by atoms with Crippen molar-refractivity contribution in [3.63, 3.8) is 0 Å². The molecule has 26 heavy (non-hydrogen) atoms. The van der Waals surface area contributed by atoms with E-state index in [-0.39, 0.29) is 11.5 Å². The van der Waals surface area contributed by atoms with Crippen molar-refractivity contribution in [2.75, 3.05) is 5.32 Å². The van der Waals surface area contributed by atoms with Crippen LogP contribution in [0.2, 0.25) is 0 Å². The Hall–Kier alpha value is -3.06. The minimum absolute atomic E-state index is 0.132. The number of nitrogens with one attached hydrogen (secondary N) is 1. The van der Waals surface area contributed by atoms with E-state index in [2.05, 4.69) is 15.3 Å². The Morgan fingerprint density at radius 2 is 2.00 bits per heavy atom. The van der Waals surface area contributed by atoms with Gasteiger partial charge in [-0.3, -0.25) is 19.1 Å². The number of hydrogen-bond donors (Lipinski definition) is 1. The first-order valence-electron chi connectivity index (χ1n) is 8.08. The number of para-hydroxylation sites is 1. The smallest absolute Gasteiger partial charge is 0.266 e. The number of fused-ring (bicyclic) bond motifs is 2. The molecule has 0 aliphatic heterocycles. The van der Waals surface area contributed by atoms with Crippen molar-refractivity contribution in [2.45, 2.75) is 13.8 Å². The molecular weight excluding hydrogens is 348 g/mol. The van der Waals surface area contributed by atoms with E-state index in [1.54, 1.807) is 27.1 Å². The van der Waals surface area contributed by atoms with Gasteiger partial charge in [0.05, 0.1) is 27.7 Å². The topological polar surface area (TPSA) is 76.9 Å². The number of carbonyl (C=O) groups is 1. The zero-order valence-corrected chi connectivity index (χ0v) is 15.3. The van der Waals surface area contributed by atoms with Crippen LogP contribution in [-0.2, 0) is 7.05 Å². The fourth-order valence-corrected chi connectivity index (χ4v) is 4.02. The van der Waals surface area contributed by atoms with Crippen LogP contribution in [0.4, 0.5) is 5.69 Å².